The lowest BCUT2D eigenvalue weighted by atomic mass is 10.2. The van der Waals surface area contributed by atoms with Gasteiger partial charge in [0, 0.05) is 7.11 Å². The van der Waals surface area contributed by atoms with Crippen molar-refractivity contribution in [1.29, 1.82) is 0 Å². The highest BCUT2D eigenvalue weighted by molar-refractivity contribution is 7.33. The van der Waals surface area contributed by atoms with Gasteiger partial charge >= 0.3 is 8.25 Å². The van der Waals surface area contributed by atoms with E-state index in [2.05, 4.69) is 19.5 Å². The number of anilines is 1. The Balaban J connectivity index is 1.70. The third-order valence-corrected chi connectivity index (χ3v) is 4.07. The highest BCUT2D eigenvalue weighted by Gasteiger charge is 2.28. The van der Waals surface area contributed by atoms with Crippen molar-refractivity contribution < 1.29 is 18.3 Å². The van der Waals surface area contributed by atoms with Crippen molar-refractivity contribution in [2.45, 2.75) is 25.2 Å². The van der Waals surface area contributed by atoms with Gasteiger partial charge in [-0.3, -0.25) is 9.13 Å². The molecule has 0 spiro atoms. The SMILES string of the molecule is CO[PH](=O)OC[C@H]1CC[C@@H](n2cnc3c(N)ncnc32)O1. The zero-order valence-electron chi connectivity index (χ0n) is 11.4. The molecule has 2 aromatic rings. The minimum absolute atomic E-state index is 0.129. The number of nitrogen functional groups attached to an aromatic ring is 1. The predicted octanol–water partition coefficient (Wildman–Crippen LogP) is 1.14. The topological polar surface area (TPSA) is 114 Å². The van der Waals surface area contributed by atoms with E-state index in [1.165, 1.54) is 13.4 Å². The van der Waals surface area contributed by atoms with Crippen molar-refractivity contribution in [1.82, 2.24) is 19.5 Å². The van der Waals surface area contributed by atoms with E-state index in [0.717, 1.165) is 12.8 Å². The van der Waals surface area contributed by atoms with Gasteiger partial charge in [0.05, 0.1) is 19.0 Å². The number of fused-ring (bicyclic) bond motifs is 1. The summed E-state index contributed by atoms with van der Waals surface area (Å²) in [5.41, 5.74) is 6.96. The van der Waals surface area contributed by atoms with Crippen LogP contribution in [-0.4, -0.2) is 39.3 Å². The molecule has 1 aliphatic heterocycles. The van der Waals surface area contributed by atoms with Gasteiger partial charge in [0.2, 0.25) is 0 Å². The van der Waals surface area contributed by atoms with E-state index in [1.807, 2.05) is 4.57 Å². The molecule has 1 unspecified atom stereocenters. The largest absolute Gasteiger partial charge is 0.382 e. The van der Waals surface area contributed by atoms with Crippen LogP contribution in [0.15, 0.2) is 12.7 Å². The highest BCUT2D eigenvalue weighted by atomic mass is 31.1. The molecule has 114 valence electrons. The van der Waals surface area contributed by atoms with Crippen molar-refractivity contribution in [3.63, 3.8) is 0 Å². The summed E-state index contributed by atoms with van der Waals surface area (Å²) < 4.78 is 28.5. The number of ether oxygens (including phenoxy) is 1. The van der Waals surface area contributed by atoms with Crippen molar-refractivity contribution in [3.8, 4) is 0 Å². The third kappa shape index (κ3) is 2.91. The Labute approximate surface area is 121 Å². The number of nitrogens with zero attached hydrogens (tertiary/aromatic N) is 4. The molecule has 0 aromatic carbocycles. The van der Waals surface area contributed by atoms with E-state index in [4.69, 9.17) is 15.0 Å². The fourth-order valence-corrected chi connectivity index (χ4v) is 2.75. The first-order valence-electron chi connectivity index (χ1n) is 6.48. The normalized spacial score (nSPS) is 23.7. The molecule has 1 saturated heterocycles. The van der Waals surface area contributed by atoms with Crippen LogP contribution in [0.4, 0.5) is 5.82 Å². The van der Waals surface area contributed by atoms with Gasteiger partial charge < -0.3 is 19.5 Å². The zero-order chi connectivity index (χ0) is 14.8. The molecule has 1 aliphatic rings. The van der Waals surface area contributed by atoms with Crippen molar-refractivity contribution in [2.24, 2.45) is 0 Å². The van der Waals surface area contributed by atoms with E-state index < -0.39 is 8.25 Å². The maximum Gasteiger partial charge on any atom is 0.318 e. The van der Waals surface area contributed by atoms with E-state index in [9.17, 15) is 4.57 Å². The van der Waals surface area contributed by atoms with Gasteiger partial charge in [0.25, 0.3) is 0 Å². The Bertz CT molecular complexity index is 663. The molecule has 0 bridgehead atoms. The maximum absolute atomic E-state index is 11.1. The molecule has 3 atom stereocenters. The number of imidazole rings is 1. The van der Waals surface area contributed by atoms with Crippen molar-refractivity contribution in [2.75, 3.05) is 19.5 Å². The van der Waals surface area contributed by atoms with Crippen LogP contribution in [0.2, 0.25) is 0 Å². The van der Waals surface area contributed by atoms with Gasteiger partial charge in [-0.1, -0.05) is 0 Å². The maximum atomic E-state index is 11.1. The lowest BCUT2D eigenvalue weighted by molar-refractivity contribution is -0.0166. The Morgan fingerprint density at radius 3 is 3.14 bits per heavy atom. The predicted molar refractivity (Wildman–Crippen MR) is 74.8 cm³/mol. The molecule has 0 saturated carbocycles. The Hall–Kier alpha value is -1.54. The number of rotatable bonds is 5. The van der Waals surface area contributed by atoms with E-state index >= 15 is 0 Å². The van der Waals surface area contributed by atoms with Gasteiger partial charge in [-0.15, -0.1) is 0 Å². The molecule has 9 nitrogen and oxygen atoms in total. The van der Waals surface area contributed by atoms with Crippen molar-refractivity contribution in [3.05, 3.63) is 12.7 Å². The summed E-state index contributed by atoms with van der Waals surface area (Å²) in [6, 6.07) is 0. The summed E-state index contributed by atoms with van der Waals surface area (Å²) >= 11 is 0. The molecule has 3 heterocycles. The molecular formula is C11H16N5O4P. The molecule has 2 N–H and O–H groups in total. The van der Waals surface area contributed by atoms with Crippen LogP contribution < -0.4 is 5.73 Å². The average Bonchev–Trinajstić information content (AvgIpc) is 3.11. The second-order valence-electron chi connectivity index (χ2n) is 4.64. The number of aromatic nitrogens is 4. The first-order chi connectivity index (χ1) is 10.2. The van der Waals surface area contributed by atoms with Gasteiger partial charge in [-0.25, -0.2) is 15.0 Å². The summed E-state index contributed by atoms with van der Waals surface area (Å²) in [5, 5.41) is 0. The molecule has 1 fully saturated rings. The molecule has 10 heteroatoms. The van der Waals surface area contributed by atoms with E-state index in [-0.39, 0.29) is 18.9 Å². The van der Waals surface area contributed by atoms with Crippen molar-refractivity contribution >= 4 is 25.2 Å². The van der Waals surface area contributed by atoms with Crippen LogP contribution in [0, 0.1) is 0 Å². The third-order valence-electron chi connectivity index (χ3n) is 3.34. The summed E-state index contributed by atoms with van der Waals surface area (Å²) in [7, 11) is -1.06. The second kappa shape index (κ2) is 6.07. The molecule has 3 rings (SSSR count). The van der Waals surface area contributed by atoms with Gasteiger partial charge in [0.15, 0.2) is 11.5 Å². The van der Waals surface area contributed by atoms with Gasteiger partial charge in [-0.2, -0.15) is 0 Å². The Kier molecular flexibility index (Phi) is 4.16. The summed E-state index contributed by atoms with van der Waals surface area (Å²) in [4.78, 5) is 12.3. The van der Waals surface area contributed by atoms with Crippen LogP contribution in [0.5, 0.6) is 0 Å². The van der Waals surface area contributed by atoms with Crippen LogP contribution in [0.25, 0.3) is 11.2 Å². The van der Waals surface area contributed by atoms with Crippen LogP contribution >= 0.6 is 8.25 Å². The lowest BCUT2D eigenvalue weighted by Gasteiger charge is -2.15. The minimum Gasteiger partial charge on any atom is -0.382 e. The molecule has 0 amide bonds. The standard InChI is InChI=1S/C11H16N5O4P/c1-18-21(17)19-4-7-2-3-8(20-7)16-6-15-9-10(12)13-5-14-11(9)16/h5-8,21H,2-4H2,1H3,(H2,12,13,14)/t7-,8+/m1/s1. The van der Waals surface area contributed by atoms with Crippen LogP contribution in [0.3, 0.4) is 0 Å². The fourth-order valence-electron chi connectivity index (χ4n) is 2.31. The van der Waals surface area contributed by atoms with E-state index in [0.29, 0.717) is 17.0 Å². The summed E-state index contributed by atoms with van der Waals surface area (Å²) in [6.07, 6.45) is 4.30. The molecule has 2 aromatic heterocycles. The lowest BCUT2D eigenvalue weighted by Crippen LogP contribution is -2.15. The van der Waals surface area contributed by atoms with E-state index in [1.54, 1.807) is 6.33 Å². The quantitative estimate of drug-likeness (QED) is 0.817. The second-order valence-corrected chi connectivity index (χ2v) is 5.84. The Morgan fingerprint density at radius 1 is 1.48 bits per heavy atom. The smallest absolute Gasteiger partial charge is 0.318 e. The first kappa shape index (κ1) is 14.4. The van der Waals surface area contributed by atoms with Crippen LogP contribution in [0.1, 0.15) is 19.1 Å². The van der Waals surface area contributed by atoms with Crippen LogP contribution in [-0.2, 0) is 18.3 Å². The monoisotopic (exact) mass is 313 g/mol. The van der Waals surface area contributed by atoms with Gasteiger partial charge in [-0.05, 0) is 12.8 Å². The number of hydrogen-bond donors (Lipinski definition) is 1. The Morgan fingerprint density at radius 2 is 2.33 bits per heavy atom. The number of nitrogens with two attached hydrogens (primary N) is 1. The summed E-state index contributed by atoms with van der Waals surface area (Å²) in [5.74, 6) is 0.343. The average molecular weight is 313 g/mol. The molecule has 0 radical (unpaired) electrons. The zero-order valence-corrected chi connectivity index (χ0v) is 12.4. The van der Waals surface area contributed by atoms with Gasteiger partial charge in [0.1, 0.15) is 18.1 Å². The minimum atomic E-state index is -2.41. The highest BCUT2D eigenvalue weighted by Crippen LogP contribution is 2.32. The molecular weight excluding hydrogens is 297 g/mol. The molecule has 21 heavy (non-hydrogen) atoms. The first-order valence-corrected chi connectivity index (χ1v) is 7.70. The summed E-state index contributed by atoms with van der Waals surface area (Å²) in [6.45, 7) is 0.242. The molecule has 0 aliphatic carbocycles. The fraction of sp³-hybridized carbons (Fsp3) is 0.545. The number of hydrogen-bond acceptors (Lipinski definition) is 8.